The SMILES string of the molecule is O=C(c1ccc2c(=O)n(Cc3ccc4c(c3)OCO4)c(=S)[nH]c2c1)N1CCC([NH+]2CCCCC2)CC1. The first-order valence-corrected chi connectivity index (χ1v) is 13.3. The lowest BCUT2D eigenvalue weighted by atomic mass is 9.99. The molecule has 3 aliphatic heterocycles. The summed E-state index contributed by atoms with van der Waals surface area (Å²) in [7, 11) is 0. The number of benzene rings is 2. The first-order chi connectivity index (χ1) is 17.6. The Morgan fingerprint density at radius 2 is 1.81 bits per heavy atom. The number of aromatic nitrogens is 2. The van der Waals surface area contributed by atoms with Gasteiger partial charge in [0, 0.05) is 31.5 Å². The van der Waals surface area contributed by atoms with E-state index < -0.39 is 0 Å². The third kappa shape index (κ3) is 4.41. The number of H-pyrrole nitrogens is 1. The Hall–Kier alpha value is -3.17. The maximum absolute atomic E-state index is 13.3. The highest BCUT2D eigenvalue weighted by atomic mass is 32.1. The van der Waals surface area contributed by atoms with E-state index in [1.807, 2.05) is 23.1 Å². The normalized spacial score (nSPS) is 18.6. The predicted molar refractivity (Wildman–Crippen MR) is 139 cm³/mol. The van der Waals surface area contributed by atoms with Crippen LogP contribution in [0.2, 0.25) is 0 Å². The van der Waals surface area contributed by atoms with Crippen LogP contribution in [0.4, 0.5) is 0 Å². The minimum absolute atomic E-state index is 0.0212. The predicted octanol–water partition coefficient (Wildman–Crippen LogP) is 2.51. The van der Waals surface area contributed by atoms with Gasteiger partial charge in [-0.25, -0.2) is 0 Å². The van der Waals surface area contributed by atoms with E-state index in [4.69, 9.17) is 21.7 Å². The van der Waals surface area contributed by atoms with Gasteiger partial charge in [0.25, 0.3) is 11.5 Å². The summed E-state index contributed by atoms with van der Waals surface area (Å²) in [5, 5.41) is 0.508. The van der Waals surface area contributed by atoms with E-state index in [0.717, 1.165) is 31.5 Å². The molecule has 4 heterocycles. The Labute approximate surface area is 214 Å². The highest BCUT2D eigenvalue weighted by Gasteiger charge is 2.30. The fourth-order valence-corrected chi connectivity index (χ4v) is 6.10. The molecule has 9 heteroatoms. The minimum Gasteiger partial charge on any atom is -0.454 e. The molecule has 0 radical (unpaired) electrons. The van der Waals surface area contributed by atoms with Crippen molar-refractivity contribution in [1.29, 1.82) is 0 Å². The number of hydrogen-bond acceptors (Lipinski definition) is 5. The number of fused-ring (bicyclic) bond motifs is 2. The van der Waals surface area contributed by atoms with Gasteiger partial charge in [-0.3, -0.25) is 14.2 Å². The molecule has 188 valence electrons. The van der Waals surface area contributed by atoms with E-state index >= 15 is 0 Å². The van der Waals surface area contributed by atoms with Gasteiger partial charge in [0.05, 0.1) is 36.6 Å². The van der Waals surface area contributed by atoms with Crippen LogP contribution in [0.25, 0.3) is 10.9 Å². The van der Waals surface area contributed by atoms with Gasteiger partial charge in [-0.1, -0.05) is 6.07 Å². The van der Waals surface area contributed by atoms with Gasteiger partial charge in [0.15, 0.2) is 16.3 Å². The summed E-state index contributed by atoms with van der Waals surface area (Å²) in [6.07, 6.45) is 6.12. The van der Waals surface area contributed by atoms with Gasteiger partial charge < -0.3 is 24.3 Å². The van der Waals surface area contributed by atoms with Crippen molar-refractivity contribution in [3.63, 3.8) is 0 Å². The molecule has 2 fully saturated rings. The van der Waals surface area contributed by atoms with Crippen molar-refractivity contribution in [3.05, 3.63) is 62.6 Å². The number of carbonyl (C=O) groups is 1. The van der Waals surface area contributed by atoms with Crippen LogP contribution >= 0.6 is 12.2 Å². The molecule has 0 bridgehead atoms. The second-order valence-corrected chi connectivity index (χ2v) is 10.4. The molecule has 0 saturated carbocycles. The van der Waals surface area contributed by atoms with E-state index in [0.29, 0.717) is 45.3 Å². The summed E-state index contributed by atoms with van der Waals surface area (Å²) in [5.41, 5.74) is 1.88. The number of rotatable bonds is 4. The van der Waals surface area contributed by atoms with Crippen LogP contribution in [0.3, 0.4) is 0 Å². The van der Waals surface area contributed by atoms with Gasteiger partial charge in [-0.15, -0.1) is 0 Å². The second kappa shape index (κ2) is 9.71. The third-order valence-electron chi connectivity index (χ3n) is 7.86. The molecule has 3 aromatic rings. The van der Waals surface area contributed by atoms with Gasteiger partial charge in [0.1, 0.15) is 0 Å². The molecule has 2 aromatic carbocycles. The van der Waals surface area contributed by atoms with E-state index in [1.165, 1.54) is 36.9 Å². The van der Waals surface area contributed by atoms with Crippen molar-refractivity contribution in [2.75, 3.05) is 33.0 Å². The zero-order valence-electron chi connectivity index (χ0n) is 20.3. The number of piperidine rings is 2. The molecule has 2 saturated heterocycles. The number of likely N-dealkylation sites (tertiary alicyclic amines) is 2. The molecule has 6 rings (SSSR count). The topological polar surface area (TPSA) is 81.0 Å². The molecule has 0 unspecified atom stereocenters. The Morgan fingerprint density at radius 1 is 1.03 bits per heavy atom. The number of aromatic amines is 1. The number of carbonyl (C=O) groups excluding carboxylic acids is 1. The first-order valence-electron chi connectivity index (χ1n) is 12.9. The maximum Gasteiger partial charge on any atom is 0.262 e. The van der Waals surface area contributed by atoms with Crippen molar-refractivity contribution in [2.24, 2.45) is 0 Å². The quantitative estimate of drug-likeness (QED) is 0.531. The Morgan fingerprint density at radius 3 is 2.61 bits per heavy atom. The van der Waals surface area contributed by atoms with E-state index in [9.17, 15) is 9.59 Å². The van der Waals surface area contributed by atoms with Crippen LogP contribution in [-0.4, -0.2) is 59.4 Å². The maximum atomic E-state index is 13.3. The average Bonchev–Trinajstić information content (AvgIpc) is 3.39. The summed E-state index contributed by atoms with van der Waals surface area (Å²) < 4.78 is 12.7. The molecule has 8 nitrogen and oxygen atoms in total. The molecule has 2 N–H and O–H groups in total. The Kier molecular flexibility index (Phi) is 6.27. The van der Waals surface area contributed by atoms with Gasteiger partial charge >= 0.3 is 0 Å². The number of ether oxygens (including phenoxy) is 2. The molecule has 1 aromatic heterocycles. The number of nitrogens with one attached hydrogen (secondary N) is 2. The molecular weight excluding hydrogens is 476 g/mol. The Balaban J connectivity index is 1.19. The third-order valence-corrected chi connectivity index (χ3v) is 8.18. The van der Waals surface area contributed by atoms with Crippen LogP contribution < -0.4 is 19.9 Å². The molecule has 1 amide bonds. The number of hydrogen-bond donors (Lipinski definition) is 2. The van der Waals surface area contributed by atoms with Crippen molar-refractivity contribution in [1.82, 2.24) is 14.5 Å². The smallest absolute Gasteiger partial charge is 0.262 e. The second-order valence-electron chi connectivity index (χ2n) is 10.1. The Bertz CT molecular complexity index is 1420. The molecule has 0 aliphatic carbocycles. The van der Waals surface area contributed by atoms with Crippen LogP contribution in [0.1, 0.15) is 48.0 Å². The highest BCUT2D eigenvalue weighted by Crippen LogP contribution is 2.32. The van der Waals surface area contributed by atoms with Crippen molar-refractivity contribution in [2.45, 2.75) is 44.7 Å². The average molecular weight is 508 g/mol. The summed E-state index contributed by atoms with van der Waals surface area (Å²) in [6.45, 7) is 4.64. The minimum atomic E-state index is -0.185. The molecule has 0 spiro atoms. The van der Waals surface area contributed by atoms with Crippen LogP contribution in [0.5, 0.6) is 11.5 Å². The molecule has 36 heavy (non-hydrogen) atoms. The summed E-state index contributed by atoms with van der Waals surface area (Å²) in [5.74, 6) is 1.39. The van der Waals surface area contributed by atoms with E-state index in [1.54, 1.807) is 23.1 Å². The van der Waals surface area contributed by atoms with Crippen molar-refractivity contribution in [3.8, 4) is 11.5 Å². The van der Waals surface area contributed by atoms with E-state index in [-0.39, 0.29) is 18.3 Å². The first kappa shape index (κ1) is 23.2. The lowest BCUT2D eigenvalue weighted by molar-refractivity contribution is -0.931. The van der Waals surface area contributed by atoms with Gasteiger partial charge in [-0.05, 0) is 67.4 Å². The fraction of sp³-hybridized carbons (Fsp3) is 0.444. The van der Waals surface area contributed by atoms with Crippen LogP contribution in [-0.2, 0) is 6.54 Å². The van der Waals surface area contributed by atoms with Crippen LogP contribution in [0, 0.1) is 4.77 Å². The molecule has 3 aliphatic rings. The molecular formula is C27H31N4O4S+. The largest absolute Gasteiger partial charge is 0.454 e. The zero-order valence-corrected chi connectivity index (χ0v) is 21.1. The summed E-state index contributed by atoms with van der Waals surface area (Å²) in [4.78, 5) is 33.4. The van der Waals surface area contributed by atoms with Crippen LogP contribution in [0.15, 0.2) is 41.2 Å². The number of amides is 1. The van der Waals surface area contributed by atoms with Gasteiger partial charge in [-0.2, -0.15) is 0 Å². The highest BCUT2D eigenvalue weighted by molar-refractivity contribution is 7.71. The number of quaternary nitrogens is 1. The standard InChI is InChI=1S/C27H30N4O4S/c32-25(30-12-8-20(9-13-30)29-10-2-1-3-11-29)19-5-6-21-22(15-19)28-27(36)31(26(21)33)16-18-4-7-23-24(14-18)35-17-34-23/h4-7,14-15,20H,1-3,8-13,16-17H2,(H,28,36)/p+1. The van der Waals surface area contributed by atoms with Crippen molar-refractivity contribution >= 4 is 29.0 Å². The summed E-state index contributed by atoms with van der Waals surface area (Å²) in [6, 6.07) is 11.5. The summed E-state index contributed by atoms with van der Waals surface area (Å²) >= 11 is 5.53. The van der Waals surface area contributed by atoms with Crippen molar-refractivity contribution < 1.29 is 19.2 Å². The zero-order chi connectivity index (χ0) is 24.6. The number of nitrogens with zero attached hydrogens (tertiary/aromatic N) is 2. The molecule has 0 atom stereocenters. The lowest BCUT2D eigenvalue weighted by Gasteiger charge is -2.37. The lowest BCUT2D eigenvalue weighted by Crippen LogP contribution is -3.16. The fourth-order valence-electron chi connectivity index (χ4n) is 5.84. The van der Waals surface area contributed by atoms with Gasteiger partial charge in [0.2, 0.25) is 6.79 Å². The van der Waals surface area contributed by atoms with E-state index in [2.05, 4.69) is 4.98 Å². The monoisotopic (exact) mass is 507 g/mol.